The molecular formula is C25H28FN5. The predicted octanol–water partition coefficient (Wildman–Crippen LogP) is 5.56. The molecule has 2 aliphatic rings. The molecule has 1 aliphatic heterocycles. The largest absolute Gasteiger partial charge is 0.346 e. The quantitative estimate of drug-likeness (QED) is 0.475. The van der Waals surface area contributed by atoms with Gasteiger partial charge in [-0.15, -0.1) is 0 Å². The van der Waals surface area contributed by atoms with Crippen molar-refractivity contribution in [3.05, 3.63) is 47.8 Å². The van der Waals surface area contributed by atoms with Gasteiger partial charge in [0.1, 0.15) is 17.0 Å². The highest BCUT2D eigenvalue weighted by molar-refractivity contribution is 5.96. The first-order chi connectivity index (χ1) is 15.1. The van der Waals surface area contributed by atoms with Crippen molar-refractivity contribution in [2.24, 2.45) is 0 Å². The number of aromatic nitrogens is 4. The summed E-state index contributed by atoms with van der Waals surface area (Å²) in [5, 5.41) is 1.05. The molecule has 0 unspecified atom stereocenters. The highest BCUT2D eigenvalue weighted by Crippen LogP contribution is 2.38. The Labute approximate surface area is 181 Å². The third-order valence-electron chi connectivity index (χ3n) is 7.37. The summed E-state index contributed by atoms with van der Waals surface area (Å²) in [5.74, 6) is 1.24. The number of hydrogen-bond donors (Lipinski definition) is 1. The summed E-state index contributed by atoms with van der Waals surface area (Å²) >= 11 is 0. The summed E-state index contributed by atoms with van der Waals surface area (Å²) < 4.78 is 17.4. The summed E-state index contributed by atoms with van der Waals surface area (Å²) in [6, 6.07) is 8.38. The first-order valence-corrected chi connectivity index (χ1v) is 11.4. The summed E-state index contributed by atoms with van der Waals surface area (Å²) in [6.07, 6.45) is 7.85. The highest BCUT2D eigenvalue weighted by Gasteiger charge is 2.24. The van der Waals surface area contributed by atoms with Crippen LogP contribution in [-0.2, 0) is 0 Å². The average Bonchev–Trinajstić information content (AvgIpc) is 3.28. The second kappa shape index (κ2) is 7.16. The summed E-state index contributed by atoms with van der Waals surface area (Å²) in [7, 11) is 2.16. The van der Waals surface area contributed by atoms with Crippen LogP contribution >= 0.6 is 0 Å². The van der Waals surface area contributed by atoms with Crippen LogP contribution in [0.2, 0.25) is 0 Å². The van der Waals surface area contributed by atoms with Crippen molar-refractivity contribution < 1.29 is 4.39 Å². The summed E-state index contributed by atoms with van der Waals surface area (Å²) in [4.78, 5) is 15.1. The van der Waals surface area contributed by atoms with E-state index in [9.17, 15) is 0 Å². The van der Waals surface area contributed by atoms with Gasteiger partial charge in [-0.25, -0.2) is 14.4 Å². The lowest BCUT2D eigenvalue weighted by Crippen LogP contribution is -2.31. The van der Waals surface area contributed by atoms with Crippen molar-refractivity contribution in [2.75, 3.05) is 20.1 Å². The van der Waals surface area contributed by atoms with Crippen LogP contribution in [0.3, 0.4) is 0 Å². The van der Waals surface area contributed by atoms with E-state index in [1.54, 1.807) is 6.07 Å². The maximum atomic E-state index is 15.2. The second-order valence-corrected chi connectivity index (χ2v) is 9.35. The molecule has 6 rings (SSSR count). The molecule has 0 bridgehead atoms. The van der Waals surface area contributed by atoms with Crippen LogP contribution in [0.4, 0.5) is 4.39 Å². The number of benzene rings is 1. The number of pyridine rings is 1. The van der Waals surface area contributed by atoms with E-state index in [0.717, 1.165) is 59.4 Å². The zero-order chi connectivity index (χ0) is 21.1. The Morgan fingerprint density at radius 2 is 1.87 bits per heavy atom. The third-order valence-corrected chi connectivity index (χ3v) is 7.37. The topological polar surface area (TPSA) is 49.7 Å². The molecule has 0 radical (unpaired) electrons. The van der Waals surface area contributed by atoms with Crippen molar-refractivity contribution in [1.29, 1.82) is 0 Å². The third kappa shape index (κ3) is 3.07. The fourth-order valence-electron chi connectivity index (χ4n) is 5.33. The molecule has 1 aliphatic carbocycles. The fourth-order valence-corrected chi connectivity index (χ4v) is 5.33. The second-order valence-electron chi connectivity index (χ2n) is 9.35. The van der Waals surface area contributed by atoms with E-state index >= 15 is 4.39 Å². The number of imidazole rings is 1. The maximum Gasteiger partial charge on any atom is 0.151 e. The SMILES string of the molecule is Cc1nc2c(F)cc(-c3c[nH]c4nc(C5CCC5)ccc34)cc2n1C1CCN(C)CC1. The Kier molecular flexibility index (Phi) is 4.39. The van der Waals surface area contributed by atoms with E-state index in [1.165, 1.54) is 25.0 Å². The van der Waals surface area contributed by atoms with Crippen molar-refractivity contribution in [3.8, 4) is 11.1 Å². The van der Waals surface area contributed by atoms with Gasteiger partial charge in [0.15, 0.2) is 5.82 Å². The zero-order valence-electron chi connectivity index (χ0n) is 18.2. The number of aromatic amines is 1. The summed E-state index contributed by atoms with van der Waals surface area (Å²) in [6.45, 7) is 4.11. The molecule has 0 atom stereocenters. The van der Waals surface area contributed by atoms with Gasteiger partial charge in [-0.1, -0.05) is 6.42 Å². The summed E-state index contributed by atoms with van der Waals surface area (Å²) in [5.41, 5.74) is 5.31. The average molecular weight is 418 g/mol. The van der Waals surface area contributed by atoms with Crippen LogP contribution in [0, 0.1) is 12.7 Å². The molecule has 5 nitrogen and oxygen atoms in total. The van der Waals surface area contributed by atoms with Gasteiger partial charge in [0.25, 0.3) is 0 Å². The molecule has 0 spiro atoms. The lowest BCUT2D eigenvalue weighted by Gasteiger charge is -2.30. The highest BCUT2D eigenvalue weighted by atomic mass is 19.1. The number of fused-ring (bicyclic) bond motifs is 2. The Morgan fingerprint density at radius 1 is 1.06 bits per heavy atom. The minimum absolute atomic E-state index is 0.254. The number of aryl methyl sites for hydroxylation is 1. The molecule has 2 fully saturated rings. The van der Waals surface area contributed by atoms with Gasteiger partial charge >= 0.3 is 0 Å². The number of halogens is 1. The van der Waals surface area contributed by atoms with Gasteiger partial charge < -0.3 is 14.5 Å². The van der Waals surface area contributed by atoms with Crippen LogP contribution in [0.15, 0.2) is 30.5 Å². The van der Waals surface area contributed by atoms with Gasteiger partial charge in [-0.05, 0) is 82.6 Å². The Bertz CT molecular complexity index is 1270. The van der Waals surface area contributed by atoms with Crippen molar-refractivity contribution >= 4 is 22.1 Å². The number of piperidine rings is 1. The van der Waals surface area contributed by atoms with E-state index in [4.69, 9.17) is 4.98 Å². The maximum absolute atomic E-state index is 15.2. The minimum atomic E-state index is -0.254. The standard InChI is InChI=1S/C25H28FN5/c1-15-28-24-21(26)12-17(13-23(24)31(15)18-8-10-30(2)11-9-18)20-14-27-25-19(20)6-7-22(29-25)16-4-3-5-16/h6-7,12-14,16,18H,3-5,8-11H2,1-2H3,(H,27,29). The van der Waals surface area contributed by atoms with E-state index < -0.39 is 0 Å². The lowest BCUT2D eigenvalue weighted by atomic mass is 9.82. The predicted molar refractivity (Wildman–Crippen MR) is 122 cm³/mol. The molecule has 4 aromatic rings. The van der Waals surface area contributed by atoms with E-state index in [1.807, 2.05) is 13.1 Å². The number of likely N-dealkylation sites (tertiary alicyclic amines) is 1. The molecule has 1 aromatic carbocycles. The molecule has 160 valence electrons. The Balaban J connectivity index is 1.45. The number of rotatable bonds is 3. The van der Waals surface area contributed by atoms with Gasteiger partial charge in [0.2, 0.25) is 0 Å². The van der Waals surface area contributed by atoms with Crippen LogP contribution in [-0.4, -0.2) is 44.6 Å². The number of nitrogens with one attached hydrogen (secondary N) is 1. The first kappa shape index (κ1) is 19.0. The van der Waals surface area contributed by atoms with Gasteiger partial charge in [-0.3, -0.25) is 0 Å². The Hall–Kier alpha value is -2.73. The molecule has 1 saturated heterocycles. The zero-order valence-corrected chi connectivity index (χ0v) is 18.2. The van der Waals surface area contributed by atoms with Crippen LogP contribution in [0.1, 0.15) is 55.6 Å². The van der Waals surface area contributed by atoms with Crippen LogP contribution in [0.25, 0.3) is 33.2 Å². The van der Waals surface area contributed by atoms with Crippen molar-refractivity contribution in [1.82, 2.24) is 24.4 Å². The molecule has 6 heteroatoms. The molecule has 1 N–H and O–H groups in total. The Morgan fingerprint density at radius 3 is 2.61 bits per heavy atom. The van der Waals surface area contributed by atoms with E-state index in [-0.39, 0.29) is 5.82 Å². The molecule has 3 aromatic heterocycles. The van der Waals surface area contributed by atoms with Crippen LogP contribution < -0.4 is 0 Å². The van der Waals surface area contributed by atoms with Gasteiger partial charge in [0, 0.05) is 34.8 Å². The van der Waals surface area contributed by atoms with Gasteiger partial charge in [0.05, 0.1) is 5.52 Å². The molecule has 4 heterocycles. The molecular weight excluding hydrogens is 389 g/mol. The lowest BCUT2D eigenvalue weighted by molar-refractivity contribution is 0.222. The number of nitrogens with zero attached hydrogens (tertiary/aromatic N) is 4. The van der Waals surface area contributed by atoms with E-state index in [2.05, 4.69) is 44.7 Å². The number of hydrogen-bond acceptors (Lipinski definition) is 3. The monoisotopic (exact) mass is 417 g/mol. The van der Waals surface area contributed by atoms with Crippen molar-refractivity contribution in [3.63, 3.8) is 0 Å². The molecule has 0 amide bonds. The van der Waals surface area contributed by atoms with E-state index in [0.29, 0.717) is 17.5 Å². The van der Waals surface area contributed by atoms with Crippen LogP contribution in [0.5, 0.6) is 0 Å². The van der Waals surface area contributed by atoms with Crippen molar-refractivity contribution in [2.45, 2.75) is 51.0 Å². The first-order valence-electron chi connectivity index (χ1n) is 11.4. The minimum Gasteiger partial charge on any atom is -0.346 e. The van der Waals surface area contributed by atoms with Gasteiger partial charge in [-0.2, -0.15) is 0 Å². The molecule has 1 saturated carbocycles. The normalized spacial score (nSPS) is 18.8. The fraction of sp³-hybridized carbons (Fsp3) is 0.440. The number of H-pyrrole nitrogens is 1. The smallest absolute Gasteiger partial charge is 0.151 e. The molecule has 31 heavy (non-hydrogen) atoms.